The van der Waals surface area contributed by atoms with Crippen molar-refractivity contribution in [1.82, 2.24) is 4.90 Å². The minimum atomic E-state index is -1.85. The topological polar surface area (TPSA) is 83.9 Å². The van der Waals surface area contributed by atoms with Gasteiger partial charge in [0.05, 0.1) is 21.1 Å². The van der Waals surface area contributed by atoms with E-state index in [1.165, 1.54) is 6.07 Å². The molecule has 1 fully saturated rings. The number of Topliss-reactive ketones (excluding diaryl/α,β-unsaturated/α-hetero) is 1. The van der Waals surface area contributed by atoms with Crippen LogP contribution < -0.4 is 9.92 Å². The molecule has 186 valence electrons. The number of ketones is 1. The molecule has 1 amide bonds. The monoisotopic (exact) mass is 497 g/mol. The molecule has 8 heteroatoms. The van der Waals surface area contributed by atoms with Crippen LogP contribution in [-0.4, -0.2) is 49.4 Å². The molecule has 0 saturated heterocycles. The number of hydrogen-bond donors (Lipinski definition) is 1. The standard InChI is InChI=1S/C27H32FNO5Si/c1-34-20-6-7-21-17(15-20)9-10-29(26(31)18-13-19(14-18)27(32)33)25(21)23(30)12-16-5-8-24(22(28)11-16)35(2,3)4/h5-8,11,15,18-19,25H,9-10,12-14H2,1-4H3,(H,32,33)/t18?,19?,25-/m1/s1. The van der Waals surface area contributed by atoms with E-state index in [-0.39, 0.29) is 29.8 Å². The van der Waals surface area contributed by atoms with E-state index in [4.69, 9.17) is 4.74 Å². The summed E-state index contributed by atoms with van der Waals surface area (Å²) in [6, 6.07) is 9.74. The molecule has 2 aliphatic rings. The molecule has 1 N–H and O–H groups in total. The van der Waals surface area contributed by atoms with Crippen LogP contribution in [0.2, 0.25) is 19.6 Å². The van der Waals surface area contributed by atoms with Crippen molar-refractivity contribution in [1.29, 1.82) is 0 Å². The van der Waals surface area contributed by atoms with E-state index >= 15 is 0 Å². The average molecular weight is 498 g/mol. The van der Waals surface area contributed by atoms with Gasteiger partial charge in [-0.15, -0.1) is 0 Å². The maximum Gasteiger partial charge on any atom is 0.306 e. The van der Waals surface area contributed by atoms with Crippen molar-refractivity contribution in [3.8, 4) is 5.75 Å². The lowest BCUT2D eigenvalue weighted by Crippen LogP contribution is -2.49. The van der Waals surface area contributed by atoms with E-state index in [2.05, 4.69) is 19.6 Å². The molecule has 0 unspecified atom stereocenters. The van der Waals surface area contributed by atoms with Crippen molar-refractivity contribution in [2.75, 3.05) is 13.7 Å². The predicted molar refractivity (Wildman–Crippen MR) is 133 cm³/mol. The van der Waals surface area contributed by atoms with Gasteiger partial charge in [-0.3, -0.25) is 14.4 Å². The summed E-state index contributed by atoms with van der Waals surface area (Å²) in [5.41, 5.74) is 2.28. The second kappa shape index (κ2) is 9.57. The number of nitrogens with zero attached hydrogens (tertiary/aromatic N) is 1. The Morgan fingerprint density at radius 3 is 2.40 bits per heavy atom. The number of fused-ring (bicyclic) bond motifs is 1. The van der Waals surface area contributed by atoms with Gasteiger partial charge in [-0.25, -0.2) is 4.39 Å². The molecule has 4 rings (SSSR count). The maximum atomic E-state index is 14.8. The van der Waals surface area contributed by atoms with Gasteiger partial charge >= 0.3 is 5.97 Å². The van der Waals surface area contributed by atoms with E-state index in [9.17, 15) is 23.9 Å². The van der Waals surface area contributed by atoms with E-state index in [1.807, 2.05) is 18.2 Å². The fraction of sp³-hybridized carbons (Fsp3) is 0.444. The van der Waals surface area contributed by atoms with Crippen LogP contribution in [0.3, 0.4) is 0 Å². The first-order chi connectivity index (χ1) is 16.5. The van der Waals surface area contributed by atoms with Crippen LogP contribution in [-0.2, 0) is 27.2 Å². The molecular weight excluding hydrogens is 465 g/mol. The third-order valence-corrected chi connectivity index (χ3v) is 9.24. The minimum Gasteiger partial charge on any atom is -0.497 e. The number of carboxylic acids is 1. The predicted octanol–water partition coefficient (Wildman–Crippen LogP) is 3.73. The number of ether oxygens (including phenoxy) is 1. The summed E-state index contributed by atoms with van der Waals surface area (Å²) in [4.78, 5) is 39.8. The van der Waals surface area contributed by atoms with Gasteiger partial charge in [0.1, 0.15) is 17.6 Å². The van der Waals surface area contributed by atoms with Crippen LogP contribution in [0.15, 0.2) is 36.4 Å². The van der Waals surface area contributed by atoms with Crippen molar-refractivity contribution in [2.45, 2.75) is 51.4 Å². The lowest BCUT2D eigenvalue weighted by Gasteiger charge is -2.41. The van der Waals surface area contributed by atoms with Gasteiger partial charge in [0.2, 0.25) is 5.91 Å². The van der Waals surface area contributed by atoms with Crippen molar-refractivity contribution in [2.24, 2.45) is 11.8 Å². The van der Waals surface area contributed by atoms with Crippen LogP contribution in [0.25, 0.3) is 0 Å². The number of methoxy groups -OCH3 is 1. The number of aliphatic carboxylic acids is 1. The highest BCUT2D eigenvalue weighted by atomic mass is 28.3. The van der Waals surface area contributed by atoms with Gasteiger partial charge in [0.15, 0.2) is 5.78 Å². The van der Waals surface area contributed by atoms with E-state index in [1.54, 1.807) is 24.1 Å². The quantitative estimate of drug-likeness (QED) is 0.590. The highest BCUT2D eigenvalue weighted by molar-refractivity contribution is 6.88. The fourth-order valence-electron chi connectivity index (χ4n) is 5.15. The highest BCUT2D eigenvalue weighted by Crippen LogP contribution is 2.40. The molecule has 0 aromatic heterocycles. The molecule has 1 aliphatic carbocycles. The zero-order valence-corrected chi connectivity index (χ0v) is 21.6. The highest BCUT2D eigenvalue weighted by Gasteiger charge is 2.44. The first kappa shape index (κ1) is 25.1. The summed E-state index contributed by atoms with van der Waals surface area (Å²) >= 11 is 0. The summed E-state index contributed by atoms with van der Waals surface area (Å²) in [5.74, 6) is -1.75. The van der Waals surface area contributed by atoms with Gasteiger partial charge in [-0.2, -0.15) is 0 Å². The van der Waals surface area contributed by atoms with Crippen molar-refractivity contribution >= 4 is 30.9 Å². The second-order valence-corrected chi connectivity index (χ2v) is 15.7. The molecule has 2 aromatic carbocycles. The van der Waals surface area contributed by atoms with Crippen LogP contribution in [0, 0.1) is 17.7 Å². The first-order valence-electron chi connectivity index (χ1n) is 12.0. The number of halogens is 1. The Morgan fingerprint density at radius 1 is 1.09 bits per heavy atom. The van der Waals surface area contributed by atoms with E-state index in [0.717, 1.165) is 16.3 Å². The largest absolute Gasteiger partial charge is 0.497 e. The van der Waals surface area contributed by atoms with Gasteiger partial charge in [0.25, 0.3) is 0 Å². The molecule has 2 aromatic rings. The van der Waals surface area contributed by atoms with Crippen LogP contribution in [0.1, 0.15) is 35.6 Å². The van der Waals surface area contributed by atoms with Crippen molar-refractivity contribution in [3.63, 3.8) is 0 Å². The lowest BCUT2D eigenvalue weighted by molar-refractivity contribution is -0.154. The molecule has 1 atom stereocenters. The van der Waals surface area contributed by atoms with Gasteiger partial charge in [0, 0.05) is 18.9 Å². The van der Waals surface area contributed by atoms with Crippen molar-refractivity contribution < 1.29 is 28.6 Å². The molecule has 1 saturated carbocycles. The Bertz CT molecular complexity index is 1170. The third-order valence-electron chi connectivity index (χ3n) is 7.22. The summed E-state index contributed by atoms with van der Waals surface area (Å²) < 4.78 is 20.2. The third kappa shape index (κ3) is 5.03. The maximum absolute atomic E-state index is 14.8. The summed E-state index contributed by atoms with van der Waals surface area (Å²) in [6.07, 6.45) is 1.18. The number of amides is 1. The Labute approximate surface area is 206 Å². The molecular formula is C27H32FNO5Si. The normalized spacial score (nSPS) is 21.6. The fourth-order valence-corrected chi connectivity index (χ4v) is 6.52. The summed E-state index contributed by atoms with van der Waals surface area (Å²) in [7, 11) is -0.266. The Kier molecular flexibility index (Phi) is 6.86. The first-order valence-corrected chi connectivity index (χ1v) is 15.5. The average Bonchev–Trinajstić information content (AvgIpc) is 2.75. The number of carbonyl (C=O) groups is 3. The molecule has 0 spiro atoms. The van der Waals surface area contributed by atoms with Crippen LogP contribution in [0.4, 0.5) is 4.39 Å². The zero-order valence-electron chi connectivity index (χ0n) is 20.6. The molecule has 0 bridgehead atoms. The number of benzene rings is 2. The molecule has 6 nitrogen and oxygen atoms in total. The Hall–Kier alpha value is -3.00. The number of hydrogen-bond acceptors (Lipinski definition) is 4. The molecule has 1 aliphatic heterocycles. The molecule has 0 radical (unpaired) electrons. The van der Waals surface area contributed by atoms with Gasteiger partial charge < -0.3 is 14.7 Å². The lowest BCUT2D eigenvalue weighted by atomic mass is 9.73. The zero-order chi connectivity index (χ0) is 25.5. The summed E-state index contributed by atoms with van der Waals surface area (Å²) in [6.45, 7) is 6.58. The Morgan fingerprint density at radius 2 is 1.80 bits per heavy atom. The van der Waals surface area contributed by atoms with Crippen molar-refractivity contribution in [3.05, 3.63) is 58.9 Å². The van der Waals surface area contributed by atoms with Gasteiger partial charge in [-0.05, 0) is 59.3 Å². The molecule has 35 heavy (non-hydrogen) atoms. The van der Waals surface area contributed by atoms with Crippen LogP contribution in [0.5, 0.6) is 5.75 Å². The minimum absolute atomic E-state index is 0.00519. The number of rotatable bonds is 7. The summed E-state index contributed by atoms with van der Waals surface area (Å²) in [5, 5.41) is 9.92. The smallest absolute Gasteiger partial charge is 0.306 e. The number of carbonyl (C=O) groups excluding carboxylic acids is 2. The molecule has 1 heterocycles. The van der Waals surface area contributed by atoms with Gasteiger partial charge in [-0.1, -0.05) is 37.8 Å². The number of carboxylic acid groups (broad SMARTS) is 1. The van der Waals surface area contributed by atoms with E-state index < -0.39 is 26.0 Å². The SMILES string of the molecule is COc1ccc2c(c1)CCN(C(=O)C1CC(C(=O)O)C1)[C@H]2C(=O)Cc1ccc([Si](C)(C)C)c(F)c1. The second-order valence-electron chi connectivity index (χ2n) is 10.7. The Balaban J connectivity index is 1.62. The van der Waals surface area contributed by atoms with Crippen LogP contribution >= 0.6 is 0 Å². The van der Waals surface area contributed by atoms with E-state index in [0.29, 0.717) is 37.1 Å².